The third kappa shape index (κ3) is 3.62. The van der Waals surface area contributed by atoms with Crippen molar-refractivity contribution in [3.05, 3.63) is 51.6 Å². The average molecular weight is 404 g/mol. The molecule has 0 saturated carbocycles. The lowest BCUT2D eigenvalue weighted by atomic mass is 10.1. The van der Waals surface area contributed by atoms with Crippen LogP contribution in [0.15, 0.2) is 23.0 Å². The molecule has 2 aliphatic heterocycles. The molecular weight excluding hydrogens is 382 g/mol. The minimum absolute atomic E-state index is 0.118. The Morgan fingerprint density at radius 1 is 1.21 bits per heavy atom. The van der Waals surface area contributed by atoms with Crippen LogP contribution < -0.4 is 15.4 Å². The van der Waals surface area contributed by atoms with Crippen LogP contribution in [0.1, 0.15) is 18.3 Å². The van der Waals surface area contributed by atoms with E-state index >= 15 is 0 Å². The lowest BCUT2D eigenvalue weighted by Crippen LogP contribution is -2.40. The highest BCUT2D eigenvalue weighted by atomic mass is 19.2. The number of amides is 1. The molecule has 154 valence electrons. The number of carbonyl (C=O) groups excluding carboxylic acids is 1. The molecule has 29 heavy (non-hydrogen) atoms. The van der Waals surface area contributed by atoms with Gasteiger partial charge in [0, 0.05) is 38.3 Å². The first-order chi connectivity index (χ1) is 13.8. The van der Waals surface area contributed by atoms with E-state index < -0.39 is 11.6 Å². The number of halogens is 2. The van der Waals surface area contributed by atoms with Crippen LogP contribution in [0.4, 0.5) is 20.3 Å². The van der Waals surface area contributed by atoms with E-state index in [9.17, 15) is 18.4 Å². The van der Waals surface area contributed by atoms with E-state index in [0.717, 1.165) is 12.1 Å². The zero-order chi connectivity index (χ0) is 20.7. The molecule has 3 heterocycles. The van der Waals surface area contributed by atoms with Crippen LogP contribution in [-0.2, 0) is 29.4 Å². The van der Waals surface area contributed by atoms with Crippen molar-refractivity contribution in [2.24, 2.45) is 7.05 Å². The van der Waals surface area contributed by atoms with Gasteiger partial charge in [-0.25, -0.2) is 13.8 Å². The quantitative estimate of drug-likeness (QED) is 0.774. The van der Waals surface area contributed by atoms with E-state index in [4.69, 9.17) is 4.74 Å². The van der Waals surface area contributed by atoms with Crippen LogP contribution in [0.2, 0.25) is 0 Å². The van der Waals surface area contributed by atoms with Crippen LogP contribution in [0, 0.1) is 11.6 Å². The van der Waals surface area contributed by atoms with Crippen LogP contribution >= 0.6 is 0 Å². The number of benzene rings is 1. The molecule has 0 spiro atoms. The summed E-state index contributed by atoms with van der Waals surface area (Å²) in [5, 5.41) is 0. The standard InChI is InChI=1S/C20H22F2N4O3/c1-12-7-13-8-14(21)15(22)9-16(13)26(12)20(28)10-17-23-18(11-19(27)24(17)2)25-3-5-29-6-4-25/h8-9,11-12H,3-7,10H2,1-2H3/t12-/m1/s1. The van der Waals surface area contributed by atoms with Gasteiger partial charge >= 0.3 is 0 Å². The summed E-state index contributed by atoms with van der Waals surface area (Å²) in [7, 11) is 1.57. The lowest BCUT2D eigenvalue weighted by molar-refractivity contribution is -0.118. The molecule has 2 aromatic rings. The number of rotatable bonds is 3. The van der Waals surface area contributed by atoms with E-state index in [1.807, 2.05) is 11.8 Å². The molecule has 1 saturated heterocycles. The number of carbonyl (C=O) groups is 1. The second-order valence-electron chi connectivity index (χ2n) is 7.42. The van der Waals surface area contributed by atoms with Crippen LogP contribution in [0.25, 0.3) is 0 Å². The van der Waals surface area contributed by atoms with Crippen molar-refractivity contribution >= 4 is 17.4 Å². The van der Waals surface area contributed by atoms with Gasteiger partial charge in [-0.1, -0.05) is 0 Å². The van der Waals surface area contributed by atoms with Gasteiger partial charge in [0.05, 0.1) is 25.3 Å². The molecule has 1 amide bonds. The fourth-order valence-corrected chi connectivity index (χ4v) is 3.90. The number of nitrogens with zero attached hydrogens (tertiary/aromatic N) is 4. The molecular formula is C20H22F2N4O3. The molecule has 4 rings (SSSR count). The van der Waals surface area contributed by atoms with Gasteiger partial charge in [0.1, 0.15) is 11.6 Å². The molecule has 9 heteroatoms. The smallest absolute Gasteiger partial charge is 0.255 e. The number of hydrogen-bond donors (Lipinski definition) is 0. The Labute approximate surface area is 166 Å². The van der Waals surface area contributed by atoms with Crippen LogP contribution in [0.5, 0.6) is 0 Å². The summed E-state index contributed by atoms with van der Waals surface area (Å²) in [5.41, 5.74) is 0.705. The predicted octanol–water partition coefficient (Wildman–Crippen LogP) is 1.42. The van der Waals surface area contributed by atoms with Crippen LogP contribution in [0.3, 0.4) is 0 Å². The molecule has 0 N–H and O–H groups in total. The first kappa shape index (κ1) is 19.5. The maximum atomic E-state index is 13.8. The topological polar surface area (TPSA) is 67.7 Å². The van der Waals surface area contributed by atoms with Crippen molar-refractivity contribution in [2.45, 2.75) is 25.8 Å². The van der Waals surface area contributed by atoms with Gasteiger partial charge in [0.15, 0.2) is 11.6 Å². The molecule has 0 radical (unpaired) electrons. The molecule has 1 fully saturated rings. The number of anilines is 2. The molecule has 0 bridgehead atoms. The van der Waals surface area contributed by atoms with Crippen molar-refractivity contribution in [1.82, 2.24) is 9.55 Å². The summed E-state index contributed by atoms with van der Waals surface area (Å²) >= 11 is 0. The van der Waals surface area contributed by atoms with E-state index in [-0.39, 0.29) is 23.9 Å². The number of fused-ring (bicyclic) bond motifs is 1. The maximum absolute atomic E-state index is 13.8. The van der Waals surface area contributed by atoms with E-state index in [2.05, 4.69) is 4.98 Å². The Balaban J connectivity index is 1.63. The third-order valence-corrected chi connectivity index (χ3v) is 5.46. The largest absolute Gasteiger partial charge is 0.378 e. The summed E-state index contributed by atoms with van der Waals surface area (Å²) in [6, 6.07) is 3.41. The van der Waals surface area contributed by atoms with Gasteiger partial charge in [-0.15, -0.1) is 0 Å². The van der Waals surface area contributed by atoms with Crippen molar-refractivity contribution in [2.75, 3.05) is 36.1 Å². The number of aromatic nitrogens is 2. The Morgan fingerprint density at radius 2 is 1.90 bits per heavy atom. The highest BCUT2D eigenvalue weighted by molar-refractivity contribution is 5.97. The zero-order valence-corrected chi connectivity index (χ0v) is 16.3. The fourth-order valence-electron chi connectivity index (χ4n) is 3.90. The highest BCUT2D eigenvalue weighted by Gasteiger charge is 2.33. The molecule has 2 aliphatic rings. The normalized spacial score (nSPS) is 18.8. The van der Waals surface area contributed by atoms with Gasteiger partial charge in [-0.3, -0.25) is 14.2 Å². The van der Waals surface area contributed by atoms with Gasteiger partial charge in [-0.2, -0.15) is 0 Å². The Bertz CT molecular complexity index is 1020. The molecule has 1 atom stereocenters. The van der Waals surface area contributed by atoms with Gasteiger partial charge in [-0.05, 0) is 25.0 Å². The van der Waals surface area contributed by atoms with Crippen molar-refractivity contribution in [1.29, 1.82) is 0 Å². The average Bonchev–Trinajstić information content (AvgIpc) is 3.01. The van der Waals surface area contributed by atoms with Gasteiger partial charge < -0.3 is 14.5 Å². The molecule has 0 aliphatic carbocycles. The predicted molar refractivity (Wildman–Crippen MR) is 103 cm³/mol. The second-order valence-corrected chi connectivity index (χ2v) is 7.42. The summed E-state index contributed by atoms with van der Waals surface area (Å²) in [4.78, 5) is 33.4. The van der Waals surface area contributed by atoms with Gasteiger partial charge in [0.2, 0.25) is 5.91 Å². The highest BCUT2D eigenvalue weighted by Crippen LogP contribution is 2.34. The lowest BCUT2D eigenvalue weighted by Gasteiger charge is -2.28. The molecule has 7 nitrogen and oxygen atoms in total. The van der Waals surface area contributed by atoms with Crippen LogP contribution in [-0.4, -0.2) is 47.8 Å². The number of ether oxygens (including phenoxy) is 1. The minimum atomic E-state index is -0.990. The summed E-state index contributed by atoms with van der Waals surface area (Å²) in [6.07, 6.45) is 0.325. The summed E-state index contributed by atoms with van der Waals surface area (Å²) < 4.78 is 34.0. The summed E-state index contributed by atoms with van der Waals surface area (Å²) in [6.45, 7) is 4.17. The van der Waals surface area contributed by atoms with Crippen molar-refractivity contribution in [3.8, 4) is 0 Å². The molecule has 1 aromatic heterocycles. The number of morpholine rings is 1. The first-order valence-electron chi connectivity index (χ1n) is 9.54. The van der Waals surface area contributed by atoms with E-state index in [1.165, 1.54) is 15.5 Å². The number of hydrogen-bond acceptors (Lipinski definition) is 5. The maximum Gasteiger partial charge on any atom is 0.255 e. The Kier molecular flexibility index (Phi) is 5.08. The SMILES string of the molecule is C[C@@H]1Cc2cc(F)c(F)cc2N1C(=O)Cc1nc(N2CCOCC2)cc(=O)n1C. The summed E-state index contributed by atoms with van der Waals surface area (Å²) in [5.74, 6) is -1.39. The van der Waals surface area contributed by atoms with E-state index in [0.29, 0.717) is 55.6 Å². The van der Waals surface area contributed by atoms with Crippen molar-refractivity contribution in [3.63, 3.8) is 0 Å². The van der Waals surface area contributed by atoms with Gasteiger partial charge in [0.25, 0.3) is 5.56 Å². The minimum Gasteiger partial charge on any atom is -0.378 e. The first-order valence-corrected chi connectivity index (χ1v) is 9.54. The fraction of sp³-hybridized carbons (Fsp3) is 0.450. The van der Waals surface area contributed by atoms with Crippen molar-refractivity contribution < 1.29 is 18.3 Å². The molecule has 1 aromatic carbocycles. The monoisotopic (exact) mass is 404 g/mol. The van der Waals surface area contributed by atoms with E-state index in [1.54, 1.807) is 7.05 Å². The zero-order valence-electron chi connectivity index (χ0n) is 16.3. The second kappa shape index (κ2) is 7.55. The molecule has 0 unspecified atom stereocenters. The Morgan fingerprint density at radius 3 is 2.62 bits per heavy atom. The Hall–Kier alpha value is -2.81. The third-order valence-electron chi connectivity index (χ3n) is 5.46.